The summed E-state index contributed by atoms with van der Waals surface area (Å²) in [5.74, 6) is 1.76. The number of nitrogens with zero attached hydrogens (tertiary/aromatic N) is 3. The lowest BCUT2D eigenvalue weighted by Crippen LogP contribution is -2.39. The van der Waals surface area contributed by atoms with E-state index in [0.29, 0.717) is 19.7 Å². The summed E-state index contributed by atoms with van der Waals surface area (Å²) in [7, 11) is 1.96. The molecular formula is C20H31N5O. The first kappa shape index (κ1) is 19.8. The van der Waals surface area contributed by atoms with Crippen molar-refractivity contribution in [2.75, 3.05) is 19.7 Å². The Balaban J connectivity index is 1.91. The van der Waals surface area contributed by atoms with Crippen molar-refractivity contribution >= 4 is 5.96 Å². The van der Waals surface area contributed by atoms with Crippen molar-refractivity contribution in [3.63, 3.8) is 0 Å². The number of aliphatic imine (C=N–C) groups is 1. The van der Waals surface area contributed by atoms with Crippen LogP contribution in [0.5, 0.6) is 5.75 Å². The molecule has 0 amide bonds. The van der Waals surface area contributed by atoms with Crippen LogP contribution in [-0.2, 0) is 13.6 Å². The maximum atomic E-state index is 5.94. The van der Waals surface area contributed by atoms with Crippen molar-refractivity contribution in [1.29, 1.82) is 0 Å². The van der Waals surface area contributed by atoms with E-state index in [4.69, 9.17) is 4.74 Å². The minimum Gasteiger partial charge on any atom is -0.491 e. The minimum absolute atomic E-state index is 0.584. The zero-order valence-electron chi connectivity index (χ0n) is 16.8. The second-order valence-electron chi connectivity index (χ2n) is 6.46. The predicted molar refractivity (Wildman–Crippen MR) is 107 cm³/mol. The Kier molecular flexibility index (Phi) is 7.06. The Labute approximate surface area is 156 Å². The molecule has 26 heavy (non-hydrogen) atoms. The molecule has 0 radical (unpaired) electrons. The molecule has 6 nitrogen and oxygen atoms in total. The number of hydrogen-bond donors (Lipinski definition) is 2. The lowest BCUT2D eigenvalue weighted by molar-refractivity contribution is 0.317. The fourth-order valence-corrected chi connectivity index (χ4v) is 2.90. The number of ether oxygens (including phenoxy) is 1. The first-order valence-electron chi connectivity index (χ1n) is 9.14. The highest BCUT2D eigenvalue weighted by Gasteiger charge is 2.09. The maximum absolute atomic E-state index is 5.94. The molecular weight excluding hydrogens is 326 g/mol. The van der Waals surface area contributed by atoms with Crippen LogP contribution >= 0.6 is 0 Å². The third-order valence-corrected chi connectivity index (χ3v) is 4.45. The molecule has 0 saturated carbocycles. The van der Waals surface area contributed by atoms with Gasteiger partial charge in [-0.3, -0.25) is 4.68 Å². The fraction of sp³-hybridized carbons (Fsp3) is 0.500. The summed E-state index contributed by atoms with van der Waals surface area (Å²) in [4.78, 5) is 4.68. The van der Waals surface area contributed by atoms with Crippen LogP contribution in [-0.4, -0.2) is 35.4 Å². The predicted octanol–water partition coefficient (Wildman–Crippen LogP) is 2.79. The standard InChI is InChI=1S/C20H31N5O/c1-7-21-20(23-13-18-16(4)24-25(6)17(18)5)22-11-12-26-19-14(2)9-8-10-15(19)3/h8-10H,7,11-13H2,1-6H3,(H2,21,22,23). The highest BCUT2D eigenvalue weighted by Crippen LogP contribution is 2.21. The number of hydrogen-bond acceptors (Lipinski definition) is 3. The molecule has 0 spiro atoms. The largest absolute Gasteiger partial charge is 0.491 e. The van der Waals surface area contributed by atoms with Gasteiger partial charge in [0.15, 0.2) is 5.96 Å². The van der Waals surface area contributed by atoms with Gasteiger partial charge in [-0.25, -0.2) is 4.99 Å². The van der Waals surface area contributed by atoms with Crippen molar-refractivity contribution in [2.45, 2.75) is 41.2 Å². The molecule has 2 N–H and O–H groups in total. The molecule has 0 saturated heterocycles. The number of benzene rings is 1. The van der Waals surface area contributed by atoms with Crippen LogP contribution in [0.25, 0.3) is 0 Å². The van der Waals surface area contributed by atoms with Crippen LogP contribution in [0.15, 0.2) is 23.2 Å². The van der Waals surface area contributed by atoms with E-state index < -0.39 is 0 Å². The van der Waals surface area contributed by atoms with E-state index in [1.165, 1.54) is 5.56 Å². The molecule has 0 unspecified atom stereocenters. The molecule has 0 aliphatic rings. The van der Waals surface area contributed by atoms with Gasteiger partial charge in [-0.15, -0.1) is 0 Å². The molecule has 142 valence electrons. The van der Waals surface area contributed by atoms with Crippen molar-refractivity contribution in [1.82, 2.24) is 20.4 Å². The molecule has 2 aromatic rings. The topological polar surface area (TPSA) is 63.5 Å². The molecule has 0 fully saturated rings. The van der Waals surface area contributed by atoms with Crippen LogP contribution < -0.4 is 15.4 Å². The van der Waals surface area contributed by atoms with Crippen LogP contribution in [0.3, 0.4) is 0 Å². The summed E-state index contributed by atoms with van der Waals surface area (Å²) in [5.41, 5.74) is 5.68. The van der Waals surface area contributed by atoms with Crippen molar-refractivity contribution in [2.24, 2.45) is 12.0 Å². The molecule has 0 atom stereocenters. The molecule has 0 aliphatic heterocycles. The van der Waals surface area contributed by atoms with Gasteiger partial charge >= 0.3 is 0 Å². The SMILES string of the molecule is CCNC(=NCc1c(C)nn(C)c1C)NCCOc1c(C)cccc1C. The van der Waals surface area contributed by atoms with E-state index in [9.17, 15) is 0 Å². The molecule has 1 aromatic carbocycles. The Morgan fingerprint density at radius 2 is 1.85 bits per heavy atom. The number of rotatable bonds is 7. The Morgan fingerprint density at radius 3 is 2.42 bits per heavy atom. The summed E-state index contributed by atoms with van der Waals surface area (Å²) in [5, 5.41) is 11.1. The smallest absolute Gasteiger partial charge is 0.191 e. The minimum atomic E-state index is 0.584. The number of para-hydroxylation sites is 1. The monoisotopic (exact) mass is 357 g/mol. The van der Waals surface area contributed by atoms with Crippen LogP contribution in [0.2, 0.25) is 0 Å². The van der Waals surface area contributed by atoms with Crippen LogP contribution in [0.1, 0.15) is 35.0 Å². The Morgan fingerprint density at radius 1 is 1.15 bits per heavy atom. The molecule has 0 bridgehead atoms. The highest BCUT2D eigenvalue weighted by atomic mass is 16.5. The Hall–Kier alpha value is -2.50. The second-order valence-corrected chi connectivity index (χ2v) is 6.46. The van der Waals surface area contributed by atoms with Crippen molar-refractivity contribution < 1.29 is 4.74 Å². The molecule has 2 rings (SSSR count). The average molecular weight is 358 g/mol. The van der Waals surface area contributed by atoms with E-state index in [1.54, 1.807) is 0 Å². The molecule has 1 aromatic heterocycles. The lowest BCUT2D eigenvalue weighted by Gasteiger charge is -2.14. The van der Waals surface area contributed by atoms with Gasteiger partial charge in [-0.2, -0.15) is 5.10 Å². The van der Waals surface area contributed by atoms with Gasteiger partial charge in [0.2, 0.25) is 0 Å². The van der Waals surface area contributed by atoms with E-state index in [-0.39, 0.29) is 0 Å². The summed E-state index contributed by atoms with van der Waals surface area (Å²) in [6.45, 7) is 13.0. The van der Waals surface area contributed by atoms with Gasteiger partial charge in [0, 0.05) is 24.8 Å². The van der Waals surface area contributed by atoms with Gasteiger partial charge in [0.05, 0.1) is 18.8 Å². The zero-order valence-corrected chi connectivity index (χ0v) is 16.8. The van der Waals surface area contributed by atoms with E-state index in [1.807, 2.05) is 24.7 Å². The van der Waals surface area contributed by atoms with Crippen LogP contribution in [0.4, 0.5) is 0 Å². The Bertz CT molecular complexity index is 744. The summed E-state index contributed by atoms with van der Waals surface area (Å²) in [6, 6.07) is 6.19. The van der Waals surface area contributed by atoms with Crippen LogP contribution in [0, 0.1) is 27.7 Å². The van der Waals surface area contributed by atoms with Crippen molar-refractivity contribution in [3.05, 3.63) is 46.3 Å². The molecule has 6 heteroatoms. The van der Waals surface area contributed by atoms with Gasteiger partial charge in [0.25, 0.3) is 0 Å². The number of guanidine groups is 1. The van der Waals surface area contributed by atoms with E-state index >= 15 is 0 Å². The summed E-state index contributed by atoms with van der Waals surface area (Å²) < 4.78 is 7.84. The van der Waals surface area contributed by atoms with Gasteiger partial charge < -0.3 is 15.4 Å². The number of aryl methyl sites for hydroxylation is 4. The van der Waals surface area contributed by atoms with E-state index in [2.05, 4.69) is 60.6 Å². The highest BCUT2D eigenvalue weighted by molar-refractivity contribution is 5.79. The summed E-state index contributed by atoms with van der Waals surface area (Å²) >= 11 is 0. The fourth-order valence-electron chi connectivity index (χ4n) is 2.90. The normalized spacial score (nSPS) is 11.5. The second kappa shape index (κ2) is 9.27. The third kappa shape index (κ3) is 5.00. The molecule has 1 heterocycles. The first-order chi connectivity index (χ1) is 12.4. The lowest BCUT2D eigenvalue weighted by atomic mass is 10.1. The maximum Gasteiger partial charge on any atom is 0.191 e. The van der Waals surface area contributed by atoms with Gasteiger partial charge in [0.1, 0.15) is 12.4 Å². The van der Waals surface area contributed by atoms with Crippen molar-refractivity contribution in [3.8, 4) is 5.75 Å². The number of aromatic nitrogens is 2. The first-order valence-corrected chi connectivity index (χ1v) is 9.14. The average Bonchev–Trinajstić information content (AvgIpc) is 2.83. The summed E-state index contributed by atoms with van der Waals surface area (Å²) in [6.07, 6.45) is 0. The quantitative estimate of drug-likeness (QED) is 0.454. The number of nitrogens with one attached hydrogen (secondary N) is 2. The van der Waals surface area contributed by atoms with E-state index in [0.717, 1.165) is 40.8 Å². The zero-order chi connectivity index (χ0) is 19.1. The van der Waals surface area contributed by atoms with Gasteiger partial charge in [-0.1, -0.05) is 18.2 Å². The van der Waals surface area contributed by atoms with Gasteiger partial charge in [-0.05, 0) is 45.7 Å². The third-order valence-electron chi connectivity index (χ3n) is 4.45. The molecule has 0 aliphatic carbocycles.